The molecule has 0 fully saturated rings. The fourth-order valence-corrected chi connectivity index (χ4v) is 2.05. The minimum absolute atomic E-state index is 0.763. The van der Waals surface area contributed by atoms with E-state index in [9.17, 15) is 0 Å². The Morgan fingerprint density at radius 2 is 2.23 bits per heavy atom. The lowest BCUT2D eigenvalue weighted by molar-refractivity contribution is 0.371. The lowest BCUT2D eigenvalue weighted by Crippen LogP contribution is -2.12. The molecule has 0 aromatic carbocycles. The van der Waals surface area contributed by atoms with Gasteiger partial charge in [0.1, 0.15) is 0 Å². The Kier molecular flexibility index (Phi) is 4.01. The van der Waals surface area contributed by atoms with Crippen molar-refractivity contribution in [2.45, 2.75) is 33.1 Å². The van der Waals surface area contributed by atoms with Gasteiger partial charge >= 0.3 is 0 Å². The van der Waals surface area contributed by atoms with Gasteiger partial charge in [-0.3, -0.25) is 0 Å². The van der Waals surface area contributed by atoms with Crippen LogP contribution in [0.2, 0.25) is 0 Å². The van der Waals surface area contributed by atoms with Crippen LogP contribution in [0.3, 0.4) is 0 Å². The molecule has 0 amide bonds. The van der Waals surface area contributed by atoms with Gasteiger partial charge in [-0.2, -0.15) is 0 Å². The average molecular weight is 176 g/mol. The van der Waals surface area contributed by atoms with E-state index in [1.165, 1.54) is 24.8 Å². The van der Waals surface area contributed by atoms with E-state index in [4.69, 9.17) is 0 Å². The molecule has 1 atom stereocenters. The SMILES string of the molecule is C=CC1=CC[C@H](C(CC)CC)C=C1. The van der Waals surface area contributed by atoms with E-state index >= 15 is 0 Å². The Balaban J connectivity index is 2.55. The Bertz CT molecular complexity index is 216. The maximum atomic E-state index is 3.78. The van der Waals surface area contributed by atoms with Crippen molar-refractivity contribution < 1.29 is 0 Å². The molecular formula is C13H20. The normalized spacial score (nSPS) is 21.8. The van der Waals surface area contributed by atoms with Crippen molar-refractivity contribution in [3.05, 3.63) is 36.5 Å². The third kappa shape index (κ3) is 2.58. The third-order valence-electron chi connectivity index (χ3n) is 3.05. The fraction of sp³-hybridized carbons (Fsp3) is 0.538. The smallest absolute Gasteiger partial charge is 0.0167 e. The second kappa shape index (κ2) is 5.06. The van der Waals surface area contributed by atoms with Gasteiger partial charge in [0.15, 0.2) is 0 Å². The van der Waals surface area contributed by atoms with E-state index in [-0.39, 0.29) is 0 Å². The quantitative estimate of drug-likeness (QED) is 0.604. The Morgan fingerprint density at radius 3 is 2.62 bits per heavy atom. The molecule has 13 heavy (non-hydrogen) atoms. The molecule has 0 spiro atoms. The van der Waals surface area contributed by atoms with Gasteiger partial charge in [-0.1, -0.05) is 57.6 Å². The monoisotopic (exact) mass is 176 g/mol. The molecule has 0 aromatic heterocycles. The Hall–Kier alpha value is -0.780. The summed E-state index contributed by atoms with van der Waals surface area (Å²) in [4.78, 5) is 0. The second-order valence-electron chi connectivity index (χ2n) is 3.74. The van der Waals surface area contributed by atoms with Crippen molar-refractivity contribution in [1.82, 2.24) is 0 Å². The summed E-state index contributed by atoms with van der Waals surface area (Å²) < 4.78 is 0. The first-order chi connectivity index (χ1) is 6.31. The van der Waals surface area contributed by atoms with E-state index in [1.807, 2.05) is 6.08 Å². The van der Waals surface area contributed by atoms with Crippen LogP contribution in [0.4, 0.5) is 0 Å². The Morgan fingerprint density at radius 1 is 1.54 bits per heavy atom. The van der Waals surface area contributed by atoms with Crippen molar-refractivity contribution in [3.63, 3.8) is 0 Å². The third-order valence-corrected chi connectivity index (χ3v) is 3.05. The van der Waals surface area contributed by atoms with E-state index in [1.54, 1.807) is 0 Å². The van der Waals surface area contributed by atoms with Crippen molar-refractivity contribution in [2.75, 3.05) is 0 Å². The molecule has 0 aliphatic heterocycles. The van der Waals surface area contributed by atoms with Crippen LogP contribution in [0.25, 0.3) is 0 Å². The molecule has 0 saturated heterocycles. The number of hydrogen-bond donors (Lipinski definition) is 0. The first-order valence-corrected chi connectivity index (χ1v) is 5.32. The van der Waals surface area contributed by atoms with Gasteiger partial charge in [-0.05, 0) is 23.8 Å². The summed E-state index contributed by atoms with van der Waals surface area (Å²) in [6, 6.07) is 0. The molecule has 1 aliphatic rings. The molecule has 0 saturated carbocycles. The molecule has 0 heterocycles. The van der Waals surface area contributed by atoms with Gasteiger partial charge in [0.05, 0.1) is 0 Å². The lowest BCUT2D eigenvalue weighted by atomic mass is 9.82. The highest BCUT2D eigenvalue weighted by Crippen LogP contribution is 2.28. The number of hydrogen-bond acceptors (Lipinski definition) is 0. The van der Waals surface area contributed by atoms with Gasteiger partial charge in [-0.25, -0.2) is 0 Å². The molecule has 1 aliphatic carbocycles. The molecule has 0 bridgehead atoms. The predicted octanol–water partition coefficient (Wildman–Crippen LogP) is 4.11. The molecule has 0 aromatic rings. The molecule has 0 unspecified atom stereocenters. The first kappa shape index (κ1) is 10.3. The zero-order valence-corrected chi connectivity index (χ0v) is 8.79. The minimum Gasteiger partial charge on any atom is -0.0985 e. The van der Waals surface area contributed by atoms with E-state index < -0.39 is 0 Å². The molecule has 72 valence electrons. The standard InChI is InChI=1S/C13H20/c1-4-11-7-9-13(10-8-11)12(5-2)6-3/h4,7-9,12-13H,1,5-6,10H2,2-3H3/t13-/m1/s1. The highest BCUT2D eigenvalue weighted by atomic mass is 14.2. The summed E-state index contributed by atoms with van der Waals surface area (Å²) in [5.74, 6) is 1.62. The average Bonchev–Trinajstić information content (AvgIpc) is 2.21. The first-order valence-electron chi connectivity index (χ1n) is 5.32. The van der Waals surface area contributed by atoms with Crippen molar-refractivity contribution >= 4 is 0 Å². The van der Waals surface area contributed by atoms with Crippen LogP contribution in [0, 0.1) is 11.8 Å². The molecule has 0 N–H and O–H groups in total. The maximum Gasteiger partial charge on any atom is -0.0167 e. The van der Waals surface area contributed by atoms with Crippen molar-refractivity contribution in [2.24, 2.45) is 11.8 Å². The summed E-state index contributed by atoms with van der Waals surface area (Å²) in [5.41, 5.74) is 1.28. The van der Waals surface area contributed by atoms with Crippen LogP contribution in [-0.4, -0.2) is 0 Å². The highest BCUT2D eigenvalue weighted by molar-refractivity contribution is 5.32. The van der Waals surface area contributed by atoms with Crippen LogP contribution in [0.15, 0.2) is 36.5 Å². The van der Waals surface area contributed by atoms with Crippen LogP contribution >= 0.6 is 0 Å². The summed E-state index contributed by atoms with van der Waals surface area (Å²) >= 11 is 0. The Labute approximate surface area is 82.0 Å². The van der Waals surface area contributed by atoms with Gasteiger partial charge in [0.25, 0.3) is 0 Å². The fourth-order valence-electron chi connectivity index (χ4n) is 2.05. The van der Waals surface area contributed by atoms with Gasteiger partial charge < -0.3 is 0 Å². The van der Waals surface area contributed by atoms with Crippen molar-refractivity contribution in [3.8, 4) is 0 Å². The largest absolute Gasteiger partial charge is 0.0985 e. The van der Waals surface area contributed by atoms with Crippen molar-refractivity contribution in [1.29, 1.82) is 0 Å². The van der Waals surface area contributed by atoms with Gasteiger partial charge in [0, 0.05) is 0 Å². The molecular weight excluding hydrogens is 156 g/mol. The van der Waals surface area contributed by atoms with Crippen LogP contribution in [0.1, 0.15) is 33.1 Å². The van der Waals surface area contributed by atoms with E-state index in [0.29, 0.717) is 0 Å². The molecule has 0 nitrogen and oxygen atoms in total. The molecule has 0 heteroatoms. The van der Waals surface area contributed by atoms with Crippen LogP contribution < -0.4 is 0 Å². The van der Waals surface area contributed by atoms with Crippen LogP contribution in [0.5, 0.6) is 0 Å². The topological polar surface area (TPSA) is 0 Å². The number of rotatable bonds is 4. The van der Waals surface area contributed by atoms with Gasteiger partial charge in [0.2, 0.25) is 0 Å². The summed E-state index contributed by atoms with van der Waals surface area (Å²) in [6.45, 7) is 8.35. The maximum absolute atomic E-state index is 3.78. The summed E-state index contributed by atoms with van der Waals surface area (Å²) in [6.07, 6.45) is 12.6. The summed E-state index contributed by atoms with van der Waals surface area (Å²) in [7, 11) is 0. The molecule has 1 rings (SSSR count). The zero-order chi connectivity index (χ0) is 9.68. The van der Waals surface area contributed by atoms with Gasteiger partial charge in [-0.15, -0.1) is 0 Å². The second-order valence-corrected chi connectivity index (χ2v) is 3.74. The number of allylic oxidation sites excluding steroid dienone is 5. The highest BCUT2D eigenvalue weighted by Gasteiger charge is 2.16. The summed E-state index contributed by atoms with van der Waals surface area (Å²) in [5, 5.41) is 0. The zero-order valence-electron chi connectivity index (χ0n) is 8.79. The minimum atomic E-state index is 0.763. The predicted molar refractivity (Wildman–Crippen MR) is 59.6 cm³/mol. The molecule has 0 radical (unpaired) electrons. The van der Waals surface area contributed by atoms with Crippen LogP contribution in [-0.2, 0) is 0 Å². The van der Waals surface area contributed by atoms with E-state index in [0.717, 1.165) is 11.8 Å². The van der Waals surface area contributed by atoms with E-state index in [2.05, 4.69) is 38.7 Å². The lowest BCUT2D eigenvalue weighted by Gasteiger charge is -2.23.